The highest BCUT2D eigenvalue weighted by molar-refractivity contribution is 5.85. The van der Waals surface area contributed by atoms with E-state index in [9.17, 15) is 79.4 Å². The average Bonchev–Trinajstić information content (AvgIpc) is 2.48. The molecule has 0 fully saturated rings. The standard InChI is InChI=1S/C13H10F17NO3/c1-5(2,3)31-4(32)6(14,9(18,19)20)33-13(29,30)8(17,11(24,25)26)34-12(27,28)7(15,16)10(21,22)23/h1-3H3,(H,31,32)/t6-,8+/m0/s1. The van der Waals surface area contributed by atoms with E-state index in [-0.39, 0.29) is 0 Å². The van der Waals surface area contributed by atoms with Gasteiger partial charge in [0.1, 0.15) is 0 Å². The van der Waals surface area contributed by atoms with Crippen LogP contribution < -0.4 is 5.32 Å². The molecule has 4 nitrogen and oxygen atoms in total. The second-order valence-corrected chi connectivity index (χ2v) is 7.20. The smallest absolute Gasteiger partial charge is 0.346 e. The first-order chi connectivity index (χ1) is 14.3. The molecule has 1 amide bonds. The number of alkyl halides is 17. The van der Waals surface area contributed by atoms with Gasteiger partial charge in [-0.3, -0.25) is 14.3 Å². The maximum Gasteiger partial charge on any atom is 0.462 e. The Balaban J connectivity index is 6.79. The molecule has 204 valence electrons. The normalized spacial score (nSPS) is 18.8. The topological polar surface area (TPSA) is 47.6 Å². The summed E-state index contributed by atoms with van der Waals surface area (Å²) in [5.74, 6) is -26.0. The van der Waals surface area contributed by atoms with Gasteiger partial charge in [0.15, 0.2) is 0 Å². The molecule has 0 saturated heterocycles. The van der Waals surface area contributed by atoms with Crippen LogP contribution in [0.2, 0.25) is 0 Å². The summed E-state index contributed by atoms with van der Waals surface area (Å²) in [6.45, 7) is 2.20. The Hall–Kier alpha value is -1.80. The van der Waals surface area contributed by atoms with Crippen molar-refractivity contribution in [1.29, 1.82) is 0 Å². The quantitative estimate of drug-likeness (QED) is 0.409. The van der Waals surface area contributed by atoms with E-state index in [2.05, 4.69) is 0 Å². The number of halogens is 17. The predicted molar refractivity (Wildman–Crippen MR) is 70.7 cm³/mol. The van der Waals surface area contributed by atoms with Crippen LogP contribution in [0.4, 0.5) is 74.6 Å². The third-order valence-electron chi connectivity index (χ3n) is 3.14. The Kier molecular flexibility index (Phi) is 7.96. The van der Waals surface area contributed by atoms with Crippen molar-refractivity contribution in [2.24, 2.45) is 0 Å². The van der Waals surface area contributed by atoms with Crippen LogP contribution in [0, 0.1) is 0 Å². The molecule has 0 aromatic carbocycles. The molecule has 0 saturated carbocycles. The fourth-order valence-electron chi connectivity index (χ4n) is 1.58. The Morgan fingerprint density at radius 3 is 1.21 bits per heavy atom. The first kappa shape index (κ1) is 32.2. The van der Waals surface area contributed by atoms with E-state index in [1.165, 1.54) is 4.74 Å². The number of carbonyl (C=O) groups excluding carboxylic acids is 1. The van der Waals surface area contributed by atoms with E-state index in [0.717, 1.165) is 26.1 Å². The summed E-state index contributed by atoms with van der Waals surface area (Å²) < 4.78 is 223. The van der Waals surface area contributed by atoms with Crippen molar-refractivity contribution < 1.29 is 88.9 Å². The van der Waals surface area contributed by atoms with Crippen molar-refractivity contribution in [2.45, 2.75) is 74.7 Å². The van der Waals surface area contributed by atoms with Crippen molar-refractivity contribution >= 4 is 5.91 Å². The van der Waals surface area contributed by atoms with Gasteiger partial charge in [0, 0.05) is 5.54 Å². The highest BCUT2D eigenvalue weighted by Gasteiger charge is 2.85. The molecule has 0 aromatic rings. The molecule has 2 atom stereocenters. The number of hydrogen-bond donors (Lipinski definition) is 1. The van der Waals surface area contributed by atoms with E-state index >= 15 is 0 Å². The number of hydrogen-bond acceptors (Lipinski definition) is 3. The lowest BCUT2D eigenvalue weighted by Crippen LogP contribution is -2.69. The fourth-order valence-corrected chi connectivity index (χ4v) is 1.58. The monoisotopic (exact) mass is 551 g/mol. The minimum atomic E-state index is -8.03. The minimum absolute atomic E-state index is 0.734. The molecule has 0 rings (SSSR count). The van der Waals surface area contributed by atoms with Gasteiger partial charge in [-0.1, -0.05) is 0 Å². The zero-order chi connectivity index (χ0) is 28.2. The van der Waals surface area contributed by atoms with Crippen LogP contribution in [0.3, 0.4) is 0 Å². The van der Waals surface area contributed by atoms with Crippen LogP contribution in [-0.2, 0) is 14.3 Å². The maximum atomic E-state index is 14.1. The molecule has 1 N–H and O–H groups in total. The van der Waals surface area contributed by atoms with Gasteiger partial charge in [0.25, 0.3) is 5.91 Å². The lowest BCUT2D eigenvalue weighted by atomic mass is 10.1. The number of nitrogens with one attached hydrogen (secondary N) is 1. The van der Waals surface area contributed by atoms with Gasteiger partial charge in [0.2, 0.25) is 0 Å². The Labute approximate surface area is 176 Å². The molecular formula is C13H10F17NO3. The van der Waals surface area contributed by atoms with Crippen LogP contribution in [0.1, 0.15) is 20.8 Å². The van der Waals surface area contributed by atoms with Crippen molar-refractivity contribution in [3.63, 3.8) is 0 Å². The third kappa shape index (κ3) is 5.88. The highest BCUT2D eigenvalue weighted by atomic mass is 19.4. The van der Waals surface area contributed by atoms with Crippen LogP contribution in [0.15, 0.2) is 0 Å². The van der Waals surface area contributed by atoms with Crippen molar-refractivity contribution in [2.75, 3.05) is 0 Å². The molecule has 0 radical (unpaired) electrons. The van der Waals surface area contributed by atoms with Crippen molar-refractivity contribution in [3.8, 4) is 0 Å². The summed E-state index contributed by atoms with van der Waals surface area (Å²) in [5, 5.41) is 0.918. The second kappa shape index (κ2) is 8.40. The summed E-state index contributed by atoms with van der Waals surface area (Å²) in [6.07, 6.45) is -38.4. The highest BCUT2D eigenvalue weighted by Crippen LogP contribution is 2.56. The Bertz CT molecular complexity index is 750. The SMILES string of the molecule is CC(C)(C)NC(=O)[C@](F)(OC(F)(F)[C@](F)(OC(F)(F)C(F)(F)C(F)(F)F)C(F)(F)F)C(F)(F)F. The molecule has 0 heterocycles. The summed E-state index contributed by atoms with van der Waals surface area (Å²) in [7, 11) is 0. The van der Waals surface area contributed by atoms with E-state index in [0.29, 0.717) is 0 Å². The predicted octanol–water partition coefficient (Wildman–Crippen LogP) is 5.77. The average molecular weight is 551 g/mol. The molecule has 21 heteroatoms. The molecular weight excluding hydrogens is 541 g/mol. The van der Waals surface area contributed by atoms with Crippen molar-refractivity contribution in [3.05, 3.63) is 0 Å². The molecule has 0 aliphatic rings. The first-order valence-corrected chi connectivity index (χ1v) is 7.73. The van der Waals surface area contributed by atoms with Gasteiger partial charge in [-0.2, -0.15) is 74.6 Å². The van der Waals surface area contributed by atoms with Crippen molar-refractivity contribution in [1.82, 2.24) is 5.32 Å². The summed E-state index contributed by atoms with van der Waals surface area (Å²) in [4.78, 5) is 11.4. The van der Waals surface area contributed by atoms with Crippen LogP contribution in [-0.4, -0.2) is 59.8 Å². The largest absolute Gasteiger partial charge is 0.462 e. The van der Waals surface area contributed by atoms with Gasteiger partial charge >= 0.3 is 48.4 Å². The van der Waals surface area contributed by atoms with Gasteiger partial charge in [-0.05, 0) is 20.8 Å². The van der Waals surface area contributed by atoms with Crippen LogP contribution in [0.5, 0.6) is 0 Å². The van der Waals surface area contributed by atoms with Crippen LogP contribution >= 0.6 is 0 Å². The fraction of sp³-hybridized carbons (Fsp3) is 0.923. The number of carbonyl (C=O) groups is 1. The van der Waals surface area contributed by atoms with E-state index in [1.54, 1.807) is 0 Å². The van der Waals surface area contributed by atoms with E-state index in [1.807, 2.05) is 4.74 Å². The second-order valence-electron chi connectivity index (χ2n) is 7.20. The molecule has 0 aliphatic carbocycles. The molecule has 0 aromatic heterocycles. The Morgan fingerprint density at radius 1 is 0.559 bits per heavy atom. The van der Waals surface area contributed by atoms with Crippen LogP contribution in [0.25, 0.3) is 0 Å². The Morgan fingerprint density at radius 2 is 0.941 bits per heavy atom. The number of rotatable bonds is 7. The van der Waals surface area contributed by atoms with E-state index < -0.39 is 59.8 Å². The zero-order valence-corrected chi connectivity index (χ0v) is 16.2. The van der Waals surface area contributed by atoms with Gasteiger partial charge in [-0.15, -0.1) is 0 Å². The van der Waals surface area contributed by atoms with Gasteiger partial charge < -0.3 is 5.32 Å². The van der Waals surface area contributed by atoms with Gasteiger partial charge in [-0.25, -0.2) is 0 Å². The minimum Gasteiger partial charge on any atom is -0.346 e. The summed E-state index contributed by atoms with van der Waals surface area (Å²) in [6, 6.07) is 0. The first-order valence-electron chi connectivity index (χ1n) is 7.73. The molecule has 0 aliphatic heterocycles. The van der Waals surface area contributed by atoms with Gasteiger partial charge in [0.05, 0.1) is 0 Å². The third-order valence-corrected chi connectivity index (χ3v) is 3.14. The summed E-state index contributed by atoms with van der Waals surface area (Å²) >= 11 is 0. The zero-order valence-electron chi connectivity index (χ0n) is 16.2. The molecule has 0 unspecified atom stereocenters. The summed E-state index contributed by atoms with van der Waals surface area (Å²) in [5.41, 5.74) is -2.01. The van der Waals surface area contributed by atoms with E-state index in [4.69, 9.17) is 0 Å². The molecule has 0 spiro atoms. The molecule has 34 heavy (non-hydrogen) atoms. The number of ether oxygens (including phenoxy) is 2. The maximum absolute atomic E-state index is 14.1. The lowest BCUT2D eigenvalue weighted by molar-refractivity contribution is -0.548. The molecule has 0 bridgehead atoms. The lowest BCUT2D eigenvalue weighted by Gasteiger charge is -2.40. The number of amides is 1.